The molecule has 0 amide bonds. The number of aromatic nitrogens is 2. The lowest BCUT2D eigenvalue weighted by atomic mass is 10.1. The minimum Gasteiger partial charge on any atom is -0.365 e. The lowest BCUT2D eigenvalue weighted by Gasteiger charge is -2.10. The second kappa shape index (κ2) is 6.38. The van der Waals surface area contributed by atoms with E-state index in [1.165, 1.54) is 6.07 Å². The maximum atomic E-state index is 14.0. The van der Waals surface area contributed by atoms with Crippen molar-refractivity contribution in [3.63, 3.8) is 0 Å². The SMILES string of the molecule is N#Cc1cc2cccnc2nc1NCc1ccc(CN)cc1F. The average molecular weight is 307 g/mol. The van der Waals surface area contributed by atoms with Gasteiger partial charge >= 0.3 is 0 Å². The van der Waals surface area contributed by atoms with E-state index in [4.69, 9.17) is 5.73 Å². The predicted octanol–water partition coefficient (Wildman–Crippen LogP) is 2.71. The van der Waals surface area contributed by atoms with E-state index in [2.05, 4.69) is 21.4 Å². The summed E-state index contributed by atoms with van der Waals surface area (Å²) in [6, 6.07) is 12.3. The third-order valence-electron chi connectivity index (χ3n) is 3.51. The van der Waals surface area contributed by atoms with Crippen molar-refractivity contribution in [3.8, 4) is 6.07 Å². The van der Waals surface area contributed by atoms with Crippen molar-refractivity contribution in [1.29, 1.82) is 5.26 Å². The molecule has 0 fully saturated rings. The molecule has 0 saturated heterocycles. The van der Waals surface area contributed by atoms with Crippen LogP contribution in [0.4, 0.5) is 10.2 Å². The van der Waals surface area contributed by atoms with Gasteiger partial charge in [0.15, 0.2) is 5.65 Å². The van der Waals surface area contributed by atoms with Gasteiger partial charge in [0.2, 0.25) is 0 Å². The van der Waals surface area contributed by atoms with Crippen LogP contribution >= 0.6 is 0 Å². The fourth-order valence-corrected chi connectivity index (χ4v) is 2.27. The smallest absolute Gasteiger partial charge is 0.161 e. The Morgan fingerprint density at radius 3 is 2.87 bits per heavy atom. The van der Waals surface area contributed by atoms with E-state index < -0.39 is 0 Å². The number of nitrogens with one attached hydrogen (secondary N) is 1. The summed E-state index contributed by atoms with van der Waals surface area (Å²) in [4.78, 5) is 8.50. The Balaban J connectivity index is 1.88. The fourth-order valence-electron chi connectivity index (χ4n) is 2.27. The predicted molar refractivity (Wildman–Crippen MR) is 85.9 cm³/mol. The number of nitrogens with two attached hydrogens (primary N) is 1. The highest BCUT2D eigenvalue weighted by molar-refractivity contribution is 5.79. The number of hydrogen-bond donors (Lipinski definition) is 2. The summed E-state index contributed by atoms with van der Waals surface area (Å²) in [6.07, 6.45) is 1.64. The topological polar surface area (TPSA) is 87.6 Å². The Kier molecular flexibility index (Phi) is 4.13. The lowest BCUT2D eigenvalue weighted by molar-refractivity contribution is 0.610. The van der Waals surface area contributed by atoms with Crippen molar-refractivity contribution in [2.45, 2.75) is 13.1 Å². The zero-order chi connectivity index (χ0) is 16.2. The number of anilines is 1. The van der Waals surface area contributed by atoms with Crippen LogP contribution in [0.1, 0.15) is 16.7 Å². The van der Waals surface area contributed by atoms with Crippen LogP contribution in [0.3, 0.4) is 0 Å². The van der Waals surface area contributed by atoms with Crippen LogP contribution in [0.5, 0.6) is 0 Å². The summed E-state index contributed by atoms with van der Waals surface area (Å²) in [5.74, 6) is 0.0545. The van der Waals surface area contributed by atoms with Crippen LogP contribution in [-0.4, -0.2) is 9.97 Å². The summed E-state index contributed by atoms with van der Waals surface area (Å²) < 4.78 is 14.0. The van der Waals surface area contributed by atoms with Crippen LogP contribution < -0.4 is 11.1 Å². The van der Waals surface area contributed by atoms with Crippen molar-refractivity contribution in [2.24, 2.45) is 5.73 Å². The Morgan fingerprint density at radius 1 is 1.26 bits per heavy atom. The molecule has 114 valence electrons. The van der Waals surface area contributed by atoms with Crippen molar-refractivity contribution < 1.29 is 4.39 Å². The number of hydrogen-bond acceptors (Lipinski definition) is 5. The van der Waals surface area contributed by atoms with Gasteiger partial charge in [-0.15, -0.1) is 0 Å². The van der Waals surface area contributed by atoms with E-state index in [0.29, 0.717) is 29.1 Å². The molecule has 0 saturated carbocycles. The van der Waals surface area contributed by atoms with Gasteiger partial charge in [-0.1, -0.05) is 12.1 Å². The maximum Gasteiger partial charge on any atom is 0.161 e. The average Bonchev–Trinajstić information content (AvgIpc) is 2.59. The highest BCUT2D eigenvalue weighted by Gasteiger charge is 2.09. The van der Waals surface area contributed by atoms with Gasteiger partial charge in [0.1, 0.15) is 17.7 Å². The number of fused-ring (bicyclic) bond motifs is 1. The maximum absolute atomic E-state index is 14.0. The molecule has 0 aliphatic carbocycles. The molecule has 3 N–H and O–H groups in total. The summed E-state index contributed by atoms with van der Waals surface area (Å²) >= 11 is 0. The molecule has 23 heavy (non-hydrogen) atoms. The third kappa shape index (κ3) is 3.10. The van der Waals surface area contributed by atoms with E-state index in [1.807, 2.05) is 6.07 Å². The lowest BCUT2D eigenvalue weighted by Crippen LogP contribution is -2.07. The summed E-state index contributed by atoms with van der Waals surface area (Å²) in [5, 5.41) is 13.1. The molecular weight excluding hydrogens is 293 g/mol. The number of pyridine rings is 2. The Bertz CT molecular complexity index is 901. The Morgan fingerprint density at radius 2 is 2.13 bits per heavy atom. The molecule has 0 unspecified atom stereocenters. The molecule has 5 nitrogen and oxygen atoms in total. The molecule has 3 aromatic rings. The summed E-state index contributed by atoms with van der Waals surface area (Å²) in [7, 11) is 0. The summed E-state index contributed by atoms with van der Waals surface area (Å²) in [5.41, 5.74) is 7.63. The molecule has 0 aliphatic heterocycles. The first kappa shape index (κ1) is 14.9. The molecule has 0 spiro atoms. The quantitative estimate of drug-likeness (QED) is 0.773. The first-order valence-corrected chi connectivity index (χ1v) is 7.08. The number of rotatable bonds is 4. The first-order valence-electron chi connectivity index (χ1n) is 7.08. The van der Waals surface area contributed by atoms with Crippen LogP contribution in [0.25, 0.3) is 11.0 Å². The molecule has 0 bridgehead atoms. The van der Waals surface area contributed by atoms with Crippen LogP contribution in [0.15, 0.2) is 42.6 Å². The van der Waals surface area contributed by atoms with Gasteiger partial charge in [0.05, 0.1) is 5.56 Å². The second-order valence-corrected chi connectivity index (χ2v) is 5.03. The van der Waals surface area contributed by atoms with Gasteiger partial charge in [-0.05, 0) is 29.8 Å². The van der Waals surface area contributed by atoms with E-state index in [-0.39, 0.29) is 12.4 Å². The molecular formula is C17H14FN5. The first-order chi connectivity index (χ1) is 11.2. The molecule has 0 radical (unpaired) electrons. The van der Waals surface area contributed by atoms with E-state index in [1.54, 1.807) is 30.5 Å². The van der Waals surface area contributed by atoms with Gasteiger partial charge in [0.25, 0.3) is 0 Å². The van der Waals surface area contributed by atoms with Crippen molar-refractivity contribution in [1.82, 2.24) is 9.97 Å². The summed E-state index contributed by atoms with van der Waals surface area (Å²) in [6.45, 7) is 0.512. The molecule has 2 heterocycles. The van der Waals surface area contributed by atoms with Crippen LogP contribution in [0, 0.1) is 17.1 Å². The highest BCUT2D eigenvalue weighted by atomic mass is 19.1. The van der Waals surface area contributed by atoms with Crippen LogP contribution in [0.2, 0.25) is 0 Å². The standard InChI is InChI=1S/C17H14FN5/c18-15-6-11(8-19)3-4-13(15)10-22-17-14(9-20)7-12-2-1-5-21-16(12)23-17/h1-7H,8,10,19H2,(H,21,22,23). The molecule has 0 aliphatic rings. The number of nitriles is 1. The Hall–Kier alpha value is -3.04. The largest absolute Gasteiger partial charge is 0.365 e. The van der Waals surface area contributed by atoms with Gasteiger partial charge in [-0.3, -0.25) is 0 Å². The normalized spacial score (nSPS) is 10.5. The Labute approximate surface area is 132 Å². The van der Waals surface area contributed by atoms with Gasteiger partial charge in [0, 0.05) is 30.2 Å². The minimum atomic E-state index is -0.335. The molecule has 1 aromatic carbocycles. The molecule has 0 atom stereocenters. The van der Waals surface area contributed by atoms with Gasteiger partial charge < -0.3 is 11.1 Å². The zero-order valence-electron chi connectivity index (χ0n) is 12.3. The molecule has 6 heteroatoms. The number of nitrogens with zero attached hydrogens (tertiary/aromatic N) is 3. The minimum absolute atomic E-state index is 0.219. The van der Waals surface area contributed by atoms with E-state index in [9.17, 15) is 9.65 Å². The molecule has 2 aromatic heterocycles. The monoisotopic (exact) mass is 307 g/mol. The van der Waals surface area contributed by atoms with Crippen LogP contribution in [-0.2, 0) is 13.1 Å². The number of benzene rings is 1. The van der Waals surface area contributed by atoms with Crippen molar-refractivity contribution in [3.05, 3.63) is 65.1 Å². The fraction of sp³-hybridized carbons (Fsp3) is 0.118. The van der Waals surface area contributed by atoms with Crippen molar-refractivity contribution >= 4 is 16.9 Å². The molecule has 3 rings (SSSR count). The van der Waals surface area contributed by atoms with E-state index >= 15 is 0 Å². The zero-order valence-corrected chi connectivity index (χ0v) is 12.3. The highest BCUT2D eigenvalue weighted by Crippen LogP contribution is 2.19. The second-order valence-electron chi connectivity index (χ2n) is 5.03. The van der Waals surface area contributed by atoms with Gasteiger partial charge in [-0.2, -0.15) is 5.26 Å². The van der Waals surface area contributed by atoms with Gasteiger partial charge in [-0.25, -0.2) is 14.4 Å². The van der Waals surface area contributed by atoms with Crippen molar-refractivity contribution in [2.75, 3.05) is 5.32 Å². The third-order valence-corrected chi connectivity index (χ3v) is 3.51. The number of halogens is 1. The van der Waals surface area contributed by atoms with E-state index in [0.717, 1.165) is 10.9 Å².